The van der Waals surface area contributed by atoms with E-state index in [-0.39, 0.29) is 36.8 Å². The molecule has 1 saturated heterocycles. The molecule has 1 aliphatic rings. The van der Waals surface area contributed by atoms with Gasteiger partial charge in [0, 0.05) is 39.3 Å². The molecule has 1 fully saturated rings. The maximum absolute atomic E-state index is 13.2. The minimum Gasteiger partial charge on any atom is -0.508 e. The van der Waals surface area contributed by atoms with Crippen LogP contribution in [-0.2, 0) is 27.4 Å². The van der Waals surface area contributed by atoms with Crippen molar-refractivity contribution in [2.24, 2.45) is 0 Å². The second kappa shape index (κ2) is 12.4. The smallest absolute Gasteiger partial charge is 0.248 e. The first-order valence-electron chi connectivity index (χ1n) is 11.7. The van der Waals surface area contributed by atoms with Crippen molar-refractivity contribution in [3.05, 3.63) is 59.7 Å². The van der Waals surface area contributed by atoms with Gasteiger partial charge in [0.15, 0.2) is 0 Å². The predicted molar refractivity (Wildman–Crippen MR) is 129 cm³/mol. The van der Waals surface area contributed by atoms with Crippen LogP contribution < -0.4 is 4.74 Å². The fourth-order valence-electron chi connectivity index (χ4n) is 4.10. The van der Waals surface area contributed by atoms with Crippen LogP contribution in [0, 0.1) is 0 Å². The van der Waals surface area contributed by atoms with E-state index in [0.717, 1.165) is 16.9 Å². The Bertz CT molecular complexity index is 928. The highest BCUT2D eigenvalue weighted by Gasteiger charge is 2.29. The molecule has 1 atom stereocenters. The number of aromatic hydroxyl groups is 1. The number of amides is 2. The van der Waals surface area contributed by atoms with Crippen LogP contribution >= 0.6 is 0 Å². The van der Waals surface area contributed by atoms with Crippen molar-refractivity contribution in [2.75, 3.05) is 46.4 Å². The van der Waals surface area contributed by atoms with Gasteiger partial charge in [-0.3, -0.25) is 14.5 Å². The Morgan fingerprint density at radius 2 is 1.62 bits per heavy atom. The second-order valence-corrected chi connectivity index (χ2v) is 8.46. The average molecular weight is 470 g/mol. The molecular formula is C26H35N3O5. The lowest BCUT2D eigenvalue weighted by Crippen LogP contribution is -2.40. The Kier molecular flexibility index (Phi) is 9.30. The van der Waals surface area contributed by atoms with E-state index in [1.54, 1.807) is 29.0 Å². The molecule has 2 aromatic carbocycles. The van der Waals surface area contributed by atoms with Gasteiger partial charge >= 0.3 is 0 Å². The Hall–Kier alpha value is -3.10. The van der Waals surface area contributed by atoms with Crippen molar-refractivity contribution in [1.82, 2.24) is 14.7 Å². The maximum atomic E-state index is 13.2. The van der Waals surface area contributed by atoms with Crippen molar-refractivity contribution in [1.29, 1.82) is 0 Å². The van der Waals surface area contributed by atoms with E-state index in [9.17, 15) is 14.7 Å². The van der Waals surface area contributed by atoms with E-state index in [1.165, 1.54) is 0 Å². The van der Waals surface area contributed by atoms with Crippen molar-refractivity contribution in [2.45, 2.75) is 33.0 Å². The Balaban J connectivity index is 1.73. The van der Waals surface area contributed by atoms with Crippen LogP contribution in [0.1, 0.15) is 25.0 Å². The Morgan fingerprint density at radius 3 is 2.24 bits per heavy atom. The number of nitrogens with zero attached hydrogens (tertiary/aromatic N) is 3. The van der Waals surface area contributed by atoms with Gasteiger partial charge in [0.1, 0.15) is 18.1 Å². The molecule has 0 saturated carbocycles. The summed E-state index contributed by atoms with van der Waals surface area (Å²) >= 11 is 0. The largest absolute Gasteiger partial charge is 0.508 e. The summed E-state index contributed by atoms with van der Waals surface area (Å²) in [6.07, 6.45) is -0.304. The standard InChI is InChI=1S/C26H35N3O5/c1-4-28(5-2)26(32)19-34-24-16-27(14-20-6-10-22(30)11-7-20)18-25(31)29(17-24)15-21-8-12-23(33-3)13-9-21/h6-13,24,30H,4-5,14-19H2,1-3H3/t24-/m1/s1. The number of phenols is 1. The monoisotopic (exact) mass is 469 g/mol. The normalized spacial score (nSPS) is 16.9. The van der Waals surface area contributed by atoms with E-state index in [0.29, 0.717) is 39.3 Å². The van der Waals surface area contributed by atoms with Gasteiger partial charge in [-0.2, -0.15) is 0 Å². The number of ether oxygens (including phenoxy) is 2. The van der Waals surface area contributed by atoms with Gasteiger partial charge < -0.3 is 24.4 Å². The highest BCUT2D eigenvalue weighted by atomic mass is 16.5. The van der Waals surface area contributed by atoms with Gasteiger partial charge in [-0.25, -0.2) is 0 Å². The van der Waals surface area contributed by atoms with E-state index in [2.05, 4.69) is 0 Å². The molecule has 0 spiro atoms. The summed E-state index contributed by atoms with van der Waals surface area (Å²) in [5.41, 5.74) is 1.99. The minimum absolute atomic E-state index is 0.00996. The molecule has 8 heteroatoms. The van der Waals surface area contributed by atoms with Crippen molar-refractivity contribution in [3.8, 4) is 11.5 Å². The van der Waals surface area contributed by atoms with Gasteiger partial charge in [0.25, 0.3) is 0 Å². The number of benzene rings is 2. The predicted octanol–water partition coefficient (Wildman–Crippen LogP) is 2.50. The fraction of sp³-hybridized carbons (Fsp3) is 0.462. The highest BCUT2D eigenvalue weighted by molar-refractivity contribution is 5.79. The van der Waals surface area contributed by atoms with E-state index < -0.39 is 0 Å². The van der Waals surface area contributed by atoms with E-state index in [4.69, 9.17) is 9.47 Å². The van der Waals surface area contributed by atoms with Crippen LogP contribution in [0.5, 0.6) is 11.5 Å². The van der Waals surface area contributed by atoms with Crippen LogP contribution in [0.4, 0.5) is 0 Å². The van der Waals surface area contributed by atoms with Crippen molar-refractivity contribution >= 4 is 11.8 Å². The highest BCUT2D eigenvalue weighted by Crippen LogP contribution is 2.18. The molecule has 2 aromatic rings. The van der Waals surface area contributed by atoms with Crippen molar-refractivity contribution < 1.29 is 24.2 Å². The zero-order valence-electron chi connectivity index (χ0n) is 20.3. The molecule has 1 heterocycles. The molecule has 0 aliphatic carbocycles. The number of likely N-dealkylation sites (N-methyl/N-ethyl adjacent to an activating group) is 1. The fourth-order valence-corrected chi connectivity index (χ4v) is 4.10. The lowest BCUT2D eigenvalue weighted by molar-refractivity contribution is -0.138. The summed E-state index contributed by atoms with van der Waals surface area (Å²) in [6.45, 7) is 7.34. The Morgan fingerprint density at radius 1 is 1.00 bits per heavy atom. The van der Waals surface area contributed by atoms with Gasteiger partial charge in [-0.05, 0) is 49.2 Å². The van der Waals surface area contributed by atoms with Crippen LogP contribution in [0.15, 0.2) is 48.5 Å². The molecule has 0 aromatic heterocycles. The van der Waals surface area contributed by atoms with Gasteiger partial charge in [0.2, 0.25) is 11.8 Å². The van der Waals surface area contributed by atoms with Crippen LogP contribution in [0.2, 0.25) is 0 Å². The molecule has 2 amide bonds. The second-order valence-electron chi connectivity index (χ2n) is 8.46. The third kappa shape index (κ3) is 7.20. The SMILES string of the molecule is CCN(CC)C(=O)CO[C@@H]1CN(Cc2ccc(O)cc2)CC(=O)N(Cc2ccc(OC)cc2)C1. The number of hydrogen-bond acceptors (Lipinski definition) is 6. The first kappa shape index (κ1) is 25.5. The lowest BCUT2D eigenvalue weighted by Gasteiger charge is -2.26. The van der Waals surface area contributed by atoms with Gasteiger partial charge in [-0.15, -0.1) is 0 Å². The zero-order chi connectivity index (χ0) is 24.5. The molecule has 0 unspecified atom stereocenters. The lowest BCUT2D eigenvalue weighted by atomic mass is 10.2. The number of hydrogen-bond donors (Lipinski definition) is 1. The van der Waals surface area contributed by atoms with Crippen LogP contribution in [0.3, 0.4) is 0 Å². The van der Waals surface area contributed by atoms with E-state index in [1.807, 2.05) is 55.1 Å². The molecule has 0 bridgehead atoms. The third-order valence-electron chi connectivity index (χ3n) is 6.03. The zero-order valence-corrected chi connectivity index (χ0v) is 20.3. The van der Waals surface area contributed by atoms with Gasteiger partial charge in [0.05, 0.1) is 19.8 Å². The molecular weight excluding hydrogens is 434 g/mol. The molecule has 1 aliphatic heterocycles. The topological polar surface area (TPSA) is 82.6 Å². The maximum Gasteiger partial charge on any atom is 0.248 e. The summed E-state index contributed by atoms with van der Waals surface area (Å²) in [5, 5.41) is 9.57. The summed E-state index contributed by atoms with van der Waals surface area (Å²) in [4.78, 5) is 31.3. The first-order chi connectivity index (χ1) is 16.4. The number of carbonyl (C=O) groups is 2. The van der Waals surface area contributed by atoms with E-state index >= 15 is 0 Å². The quantitative estimate of drug-likeness (QED) is 0.576. The number of carbonyl (C=O) groups excluding carboxylic acids is 2. The van der Waals surface area contributed by atoms with Crippen molar-refractivity contribution in [3.63, 3.8) is 0 Å². The number of methoxy groups -OCH3 is 1. The molecule has 3 rings (SSSR count). The number of rotatable bonds is 10. The Labute approximate surface area is 201 Å². The molecule has 184 valence electrons. The summed E-state index contributed by atoms with van der Waals surface area (Å²) in [6, 6.07) is 14.6. The third-order valence-corrected chi connectivity index (χ3v) is 6.03. The van der Waals surface area contributed by atoms with Crippen LogP contribution in [-0.4, -0.2) is 84.2 Å². The summed E-state index contributed by atoms with van der Waals surface area (Å²) in [5.74, 6) is 0.933. The summed E-state index contributed by atoms with van der Waals surface area (Å²) < 4.78 is 11.3. The number of phenolic OH excluding ortho intramolecular Hbond substituents is 1. The molecule has 1 N–H and O–H groups in total. The minimum atomic E-state index is -0.304. The average Bonchev–Trinajstić information content (AvgIpc) is 2.98. The first-order valence-corrected chi connectivity index (χ1v) is 11.7. The molecule has 0 radical (unpaired) electrons. The summed E-state index contributed by atoms with van der Waals surface area (Å²) in [7, 11) is 1.62. The van der Waals surface area contributed by atoms with Gasteiger partial charge in [-0.1, -0.05) is 24.3 Å². The molecule has 34 heavy (non-hydrogen) atoms. The van der Waals surface area contributed by atoms with Crippen LogP contribution in [0.25, 0.3) is 0 Å². The molecule has 8 nitrogen and oxygen atoms in total.